The van der Waals surface area contributed by atoms with Crippen molar-refractivity contribution < 1.29 is 9.59 Å². The van der Waals surface area contributed by atoms with Gasteiger partial charge < -0.3 is 10.2 Å². The molecule has 1 aromatic heterocycles. The van der Waals surface area contributed by atoms with E-state index in [4.69, 9.17) is 5.41 Å². The number of urea groups is 1. The minimum Gasteiger partial charge on any atom is -0.345 e. The van der Waals surface area contributed by atoms with Crippen molar-refractivity contribution >= 4 is 34.9 Å². The van der Waals surface area contributed by atoms with E-state index in [1.54, 1.807) is 36.4 Å². The number of carbonyl (C=O) groups excluding carboxylic acids is 2. The van der Waals surface area contributed by atoms with Gasteiger partial charge in [0.1, 0.15) is 0 Å². The summed E-state index contributed by atoms with van der Waals surface area (Å²) in [5, 5.41) is 23.2. The highest BCUT2D eigenvalue weighted by Crippen LogP contribution is 2.45. The molecule has 0 bridgehead atoms. The molecule has 2 aliphatic rings. The Morgan fingerprint density at radius 3 is 2.54 bits per heavy atom. The summed E-state index contributed by atoms with van der Waals surface area (Å²) >= 11 is 1.56. The molecule has 2 fully saturated rings. The summed E-state index contributed by atoms with van der Waals surface area (Å²) in [5.41, 5.74) is 2.60. The number of anilines is 1. The molecule has 8 nitrogen and oxygen atoms in total. The Hall–Kier alpha value is -4.16. The third-order valence-electron chi connectivity index (χ3n) is 8.08. The van der Waals surface area contributed by atoms with Crippen molar-refractivity contribution in [3.05, 3.63) is 76.5 Å². The van der Waals surface area contributed by atoms with Gasteiger partial charge in [-0.2, -0.15) is 5.26 Å². The van der Waals surface area contributed by atoms with Crippen LogP contribution in [0.2, 0.25) is 0 Å². The van der Waals surface area contributed by atoms with Crippen LogP contribution in [0, 0.1) is 28.6 Å². The monoisotopic (exact) mass is 540 g/mol. The highest BCUT2D eigenvalue weighted by molar-refractivity contribution is 7.10. The lowest BCUT2D eigenvalue weighted by atomic mass is 9.70. The Morgan fingerprint density at radius 2 is 1.85 bits per heavy atom. The summed E-state index contributed by atoms with van der Waals surface area (Å²) in [6, 6.07) is 21.3. The fourth-order valence-electron chi connectivity index (χ4n) is 5.79. The largest absolute Gasteiger partial charge is 0.345 e. The summed E-state index contributed by atoms with van der Waals surface area (Å²) in [4.78, 5) is 32.8. The van der Waals surface area contributed by atoms with E-state index in [1.165, 1.54) is 4.90 Å². The Labute approximate surface area is 233 Å². The highest BCUT2D eigenvalue weighted by atomic mass is 32.1. The van der Waals surface area contributed by atoms with Crippen molar-refractivity contribution in [1.29, 1.82) is 10.7 Å². The number of hydrogen-bond donors (Lipinski definition) is 2. The van der Waals surface area contributed by atoms with E-state index in [0.29, 0.717) is 31.5 Å². The summed E-state index contributed by atoms with van der Waals surface area (Å²) in [5.74, 6) is -0.340. The molecule has 0 radical (unpaired) electrons. The van der Waals surface area contributed by atoms with Crippen molar-refractivity contribution in [1.82, 2.24) is 15.1 Å². The Balaban J connectivity index is 1.38. The Morgan fingerprint density at radius 1 is 1.13 bits per heavy atom. The average Bonchev–Trinajstić information content (AvgIpc) is 3.48. The number of amides is 3. The third-order valence-corrected chi connectivity index (χ3v) is 9.25. The van der Waals surface area contributed by atoms with Crippen LogP contribution in [-0.2, 0) is 10.3 Å². The van der Waals surface area contributed by atoms with Gasteiger partial charge in [0.25, 0.3) is 0 Å². The molecule has 9 heteroatoms. The third kappa shape index (κ3) is 4.88. The molecule has 39 heavy (non-hydrogen) atoms. The minimum atomic E-state index is -0.770. The van der Waals surface area contributed by atoms with E-state index in [1.807, 2.05) is 65.7 Å². The standard InChI is InChI=1S/C30H32N6O2S/c1-30(25-17-23(19-39-25)22-9-7-8-20(16-22)18-31)26(27(37)35(3)28(32)33-30)21-12-14-36(15-13-21)29(38)34(2)24-10-5-4-6-11-24/h4-11,16-17,19,21,26H,12-15H2,1-3H3,(H2,32,33)/t26-,30-/m1/s1. The molecule has 0 aliphatic carbocycles. The number of rotatable bonds is 4. The zero-order chi connectivity index (χ0) is 27.7. The fourth-order valence-corrected chi connectivity index (χ4v) is 6.86. The molecule has 2 N–H and O–H groups in total. The van der Waals surface area contributed by atoms with E-state index in [0.717, 1.165) is 21.7 Å². The van der Waals surface area contributed by atoms with Gasteiger partial charge in [-0.3, -0.25) is 20.0 Å². The first kappa shape index (κ1) is 26.4. The summed E-state index contributed by atoms with van der Waals surface area (Å²) < 4.78 is 0. The predicted octanol–water partition coefficient (Wildman–Crippen LogP) is 5.08. The number of benzene rings is 2. The minimum absolute atomic E-state index is 0.0445. The first-order chi connectivity index (χ1) is 18.7. The van der Waals surface area contributed by atoms with Gasteiger partial charge in [-0.25, -0.2) is 4.79 Å². The second-order valence-electron chi connectivity index (χ2n) is 10.4. The molecule has 0 saturated carbocycles. The molecule has 5 rings (SSSR count). The van der Waals surface area contributed by atoms with Crippen LogP contribution in [0.3, 0.4) is 0 Å². The van der Waals surface area contributed by atoms with Crippen LogP contribution in [0.5, 0.6) is 0 Å². The summed E-state index contributed by atoms with van der Waals surface area (Å²) in [7, 11) is 3.43. The van der Waals surface area contributed by atoms with Gasteiger partial charge in [0.05, 0.1) is 23.1 Å². The maximum Gasteiger partial charge on any atom is 0.324 e. The Bertz CT molecular complexity index is 1440. The molecule has 200 valence electrons. The van der Waals surface area contributed by atoms with E-state index in [9.17, 15) is 14.9 Å². The normalized spacial score (nSPS) is 21.8. The lowest BCUT2D eigenvalue weighted by Crippen LogP contribution is -2.65. The van der Waals surface area contributed by atoms with Crippen LogP contribution >= 0.6 is 11.3 Å². The number of carbonyl (C=O) groups is 2. The molecular formula is C30H32N6O2S. The highest BCUT2D eigenvalue weighted by Gasteiger charge is 2.52. The van der Waals surface area contributed by atoms with Gasteiger partial charge in [-0.05, 0) is 72.5 Å². The zero-order valence-electron chi connectivity index (χ0n) is 22.3. The van der Waals surface area contributed by atoms with Crippen LogP contribution in [0.1, 0.15) is 30.2 Å². The molecule has 2 aromatic carbocycles. The summed E-state index contributed by atoms with van der Waals surface area (Å²) in [6.07, 6.45) is 1.40. The van der Waals surface area contributed by atoms with Gasteiger partial charge in [-0.15, -0.1) is 11.3 Å². The summed E-state index contributed by atoms with van der Waals surface area (Å²) in [6.45, 7) is 3.15. The maximum absolute atomic E-state index is 13.7. The van der Waals surface area contributed by atoms with Gasteiger partial charge in [0, 0.05) is 37.7 Å². The number of nitrogens with one attached hydrogen (secondary N) is 2. The van der Waals surface area contributed by atoms with Gasteiger partial charge >= 0.3 is 6.03 Å². The smallest absolute Gasteiger partial charge is 0.324 e. The van der Waals surface area contributed by atoms with Crippen molar-refractivity contribution in [2.24, 2.45) is 11.8 Å². The lowest BCUT2D eigenvalue weighted by molar-refractivity contribution is -0.138. The van der Waals surface area contributed by atoms with Crippen LogP contribution < -0.4 is 10.2 Å². The number of likely N-dealkylation sites (tertiary alicyclic amines) is 1. The van der Waals surface area contributed by atoms with E-state index in [-0.39, 0.29) is 23.8 Å². The topological polar surface area (TPSA) is 104 Å². The van der Waals surface area contributed by atoms with Crippen molar-refractivity contribution in [2.45, 2.75) is 25.3 Å². The second-order valence-corrected chi connectivity index (χ2v) is 11.4. The molecule has 2 saturated heterocycles. The predicted molar refractivity (Wildman–Crippen MR) is 153 cm³/mol. The first-order valence-corrected chi connectivity index (χ1v) is 13.9. The fraction of sp³-hybridized carbons (Fsp3) is 0.333. The molecule has 2 atom stereocenters. The number of para-hydroxylation sites is 1. The number of thiophene rings is 1. The lowest BCUT2D eigenvalue weighted by Gasteiger charge is -2.49. The van der Waals surface area contributed by atoms with Gasteiger partial charge in [0.15, 0.2) is 5.96 Å². The number of guanidine groups is 1. The molecule has 0 unspecified atom stereocenters. The number of nitriles is 1. The molecule has 3 heterocycles. The molecule has 0 spiro atoms. The van der Waals surface area contributed by atoms with Crippen molar-refractivity contribution in [3.8, 4) is 17.2 Å². The van der Waals surface area contributed by atoms with Gasteiger partial charge in [0.2, 0.25) is 5.91 Å². The van der Waals surface area contributed by atoms with Crippen LogP contribution in [-0.4, -0.2) is 54.9 Å². The van der Waals surface area contributed by atoms with Crippen molar-refractivity contribution in [2.75, 3.05) is 32.1 Å². The Kier molecular flexibility index (Phi) is 7.15. The van der Waals surface area contributed by atoms with Crippen LogP contribution in [0.4, 0.5) is 10.5 Å². The SMILES string of the molecule is CN1C(=N)N[C@](C)(c2cc(-c3cccc(C#N)c3)cs2)[C@H](C2CCN(C(=O)N(C)c3ccccc3)CC2)C1=O. The van der Waals surface area contributed by atoms with Gasteiger partial charge in [-0.1, -0.05) is 30.3 Å². The number of nitrogens with zero attached hydrogens (tertiary/aromatic N) is 4. The molecule has 2 aliphatic heterocycles. The zero-order valence-corrected chi connectivity index (χ0v) is 23.2. The molecular weight excluding hydrogens is 508 g/mol. The van der Waals surface area contributed by atoms with Crippen molar-refractivity contribution in [3.63, 3.8) is 0 Å². The van der Waals surface area contributed by atoms with Crippen LogP contribution in [0.25, 0.3) is 11.1 Å². The van der Waals surface area contributed by atoms with Crippen LogP contribution in [0.15, 0.2) is 66.0 Å². The average molecular weight is 541 g/mol. The quantitative estimate of drug-likeness (QED) is 0.481. The van der Waals surface area contributed by atoms with E-state index in [2.05, 4.69) is 17.5 Å². The second kappa shape index (κ2) is 10.5. The molecule has 3 aromatic rings. The number of piperidine rings is 1. The maximum atomic E-state index is 13.7. The van der Waals surface area contributed by atoms with E-state index >= 15 is 0 Å². The molecule has 3 amide bonds. The number of hydrogen-bond acceptors (Lipinski definition) is 5. The first-order valence-electron chi connectivity index (χ1n) is 13.0. The van der Waals surface area contributed by atoms with E-state index < -0.39 is 11.5 Å².